The molecule has 0 unspecified atom stereocenters. The second kappa shape index (κ2) is 7.51. The number of carbonyl (C=O) groups excluding carboxylic acids is 1. The van der Waals surface area contributed by atoms with E-state index in [2.05, 4.69) is 4.90 Å². The summed E-state index contributed by atoms with van der Waals surface area (Å²) in [6, 6.07) is 7.38. The predicted octanol–water partition coefficient (Wildman–Crippen LogP) is 3.47. The molecule has 0 amide bonds. The summed E-state index contributed by atoms with van der Waals surface area (Å²) in [6.07, 6.45) is 3.88. The molecule has 124 valence electrons. The maximum atomic E-state index is 11.8. The van der Waals surface area contributed by atoms with E-state index in [1.807, 2.05) is 18.2 Å². The molecule has 1 aromatic heterocycles. The molecule has 0 radical (unpaired) electrons. The Morgan fingerprint density at radius 3 is 2.87 bits per heavy atom. The highest BCUT2D eigenvalue weighted by Gasteiger charge is 2.16. The van der Waals surface area contributed by atoms with Crippen molar-refractivity contribution in [2.24, 2.45) is 0 Å². The third-order valence-corrected chi connectivity index (χ3v) is 4.10. The fraction of sp³-hybridized carbons (Fsp3) is 0.500. The lowest BCUT2D eigenvalue weighted by Crippen LogP contribution is -2.33. The number of rotatable bonds is 6. The fourth-order valence-electron chi connectivity index (χ4n) is 2.92. The minimum Gasteiger partial charge on any atom is -0.488 e. The van der Waals surface area contributed by atoms with Crippen molar-refractivity contribution in [3.8, 4) is 5.75 Å². The first kappa shape index (κ1) is 15.9. The summed E-state index contributed by atoms with van der Waals surface area (Å²) < 4.78 is 16.5. The van der Waals surface area contributed by atoms with E-state index in [1.165, 1.54) is 19.3 Å². The van der Waals surface area contributed by atoms with Gasteiger partial charge in [0.15, 0.2) is 11.3 Å². The molecule has 1 saturated heterocycles. The van der Waals surface area contributed by atoms with E-state index in [-0.39, 0.29) is 5.76 Å². The number of hydrogen-bond acceptors (Lipinski definition) is 5. The van der Waals surface area contributed by atoms with E-state index < -0.39 is 5.97 Å². The fourth-order valence-corrected chi connectivity index (χ4v) is 2.92. The molecular weight excluding hydrogens is 294 g/mol. The van der Waals surface area contributed by atoms with E-state index >= 15 is 0 Å². The first-order valence-corrected chi connectivity index (χ1v) is 8.33. The summed E-state index contributed by atoms with van der Waals surface area (Å²) in [7, 11) is 0. The van der Waals surface area contributed by atoms with Crippen LogP contribution in [0.3, 0.4) is 0 Å². The lowest BCUT2D eigenvalue weighted by molar-refractivity contribution is 0.0492. The van der Waals surface area contributed by atoms with Crippen LogP contribution < -0.4 is 4.74 Å². The summed E-state index contributed by atoms with van der Waals surface area (Å²) in [5.41, 5.74) is 0.606. The minimum atomic E-state index is -0.442. The highest BCUT2D eigenvalue weighted by Crippen LogP contribution is 2.29. The van der Waals surface area contributed by atoms with Crippen LogP contribution in [0.25, 0.3) is 11.0 Å². The Kier molecular flexibility index (Phi) is 5.18. The number of piperidine rings is 1. The highest BCUT2D eigenvalue weighted by molar-refractivity contribution is 5.94. The number of para-hydroxylation sites is 1. The van der Waals surface area contributed by atoms with Gasteiger partial charge in [-0.2, -0.15) is 0 Å². The Morgan fingerprint density at radius 2 is 2.09 bits per heavy atom. The van der Waals surface area contributed by atoms with Crippen molar-refractivity contribution in [1.82, 2.24) is 4.90 Å². The summed E-state index contributed by atoms with van der Waals surface area (Å²) in [5, 5.41) is 0.850. The van der Waals surface area contributed by atoms with Gasteiger partial charge in [-0.15, -0.1) is 0 Å². The number of ether oxygens (including phenoxy) is 2. The Morgan fingerprint density at radius 1 is 1.26 bits per heavy atom. The third kappa shape index (κ3) is 3.85. The van der Waals surface area contributed by atoms with Gasteiger partial charge in [0.05, 0.1) is 6.61 Å². The third-order valence-electron chi connectivity index (χ3n) is 4.10. The van der Waals surface area contributed by atoms with Gasteiger partial charge in [-0.1, -0.05) is 18.6 Å². The molecule has 3 rings (SSSR count). The Labute approximate surface area is 136 Å². The largest absolute Gasteiger partial charge is 0.488 e. The van der Waals surface area contributed by atoms with Gasteiger partial charge in [0.2, 0.25) is 5.76 Å². The monoisotopic (exact) mass is 317 g/mol. The zero-order chi connectivity index (χ0) is 16.1. The number of benzene rings is 1. The summed E-state index contributed by atoms with van der Waals surface area (Å²) in [5.74, 6) is 0.451. The molecule has 1 fully saturated rings. The van der Waals surface area contributed by atoms with Crippen LogP contribution in [-0.2, 0) is 4.74 Å². The van der Waals surface area contributed by atoms with Crippen LogP contribution in [0.2, 0.25) is 0 Å². The van der Waals surface area contributed by atoms with Gasteiger partial charge in [-0.25, -0.2) is 4.79 Å². The smallest absolute Gasteiger partial charge is 0.374 e. The molecule has 0 N–H and O–H groups in total. The van der Waals surface area contributed by atoms with Crippen LogP contribution in [0.5, 0.6) is 5.75 Å². The molecule has 1 aliphatic rings. The topological polar surface area (TPSA) is 51.9 Å². The molecule has 0 saturated carbocycles. The molecule has 0 bridgehead atoms. The number of likely N-dealkylation sites (tertiary alicyclic amines) is 1. The average Bonchev–Trinajstić information content (AvgIpc) is 3.01. The number of esters is 1. The lowest BCUT2D eigenvalue weighted by Gasteiger charge is -2.26. The maximum Gasteiger partial charge on any atom is 0.374 e. The van der Waals surface area contributed by atoms with Crippen molar-refractivity contribution in [2.45, 2.75) is 26.2 Å². The first-order valence-electron chi connectivity index (χ1n) is 8.33. The van der Waals surface area contributed by atoms with E-state index in [4.69, 9.17) is 13.9 Å². The molecule has 0 spiro atoms. The van der Waals surface area contributed by atoms with Gasteiger partial charge in [0.1, 0.15) is 6.61 Å². The molecule has 5 heteroatoms. The van der Waals surface area contributed by atoms with E-state index in [1.54, 1.807) is 13.0 Å². The molecule has 1 aliphatic heterocycles. The van der Waals surface area contributed by atoms with Crippen LogP contribution >= 0.6 is 0 Å². The summed E-state index contributed by atoms with van der Waals surface area (Å²) in [4.78, 5) is 14.2. The van der Waals surface area contributed by atoms with Crippen molar-refractivity contribution in [2.75, 3.05) is 32.8 Å². The Balaban J connectivity index is 1.66. The molecule has 2 heterocycles. The summed E-state index contributed by atoms with van der Waals surface area (Å²) in [6.45, 7) is 5.95. The molecule has 2 aromatic rings. The number of hydrogen-bond donors (Lipinski definition) is 0. The summed E-state index contributed by atoms with van der Waals surface area (Å²) >= 11 is 0. The molecular formula is C18H23NO4. The van der Waals surface area contributed by atoms with Gasteiger partial charge in [0.25, 0.3) is 0 Å². The molecule has 0 aliphatic carbocycles. The quantitative estimate of drug-likeness (QED) is 0.764. The lowest BCUT2D eigenvalue weighted by atomic mass is 10.1. The van der Waals surface area contributed by atoms with Crippen molar-refractivity contribution < 1.29 is 18.7 Å². The molecule has 1 aromatic carbocycles. The number of fused-ring (bicyclic) bond motifs is 1. The van der Waals surface area contributed by atoms with Crippen molar-refractivity contribution >= 4 is 16.9 Å². The highest BCUT2D eigenvalue weighted by atomic mass is 16.5. The van der Waals surface area contributed by atoms with E-state index in [9.17, 15) is 4.79 Å². The predicted molar refractivity (Wildman–Crippen MR) is 88.0 cm³/mol. The van der Waals surface area contributed by atoms with Gasteiger partial charge < -0.3 is 13.9 Å². The van der Waals surface area contributed by atoms with Crippen molar-refractivity contribution in [1.29, 1.82) is 0 Å². The minimum absolute atomic E-state index is 0.217. The Bertz CT molecular complexity index is 658. The molecule has 0 atom stereocenters. The number of furan rings is 1. The maximum absolute atomic E-state index is 11.8. The normalized spacial score (nSPS) is 15.7. The van der Waals surface area contributed by atoms with Crippen LogP contribution in [0.4, 0.5) is 0 Å². The second-order valence-electron chi connectivity index (χ2n) is 5.76. The number of nitrogens with zero attached hydrogens (tertiary/aromatic N) is 1. The van der Waals surface area contributed by atoms with E-state index in [0.717, 1.165) is 25.0 Å². The standard InChI is InChI=1S/C18H23NO4/c1-2-21-18(20)16-13-14-7-6-8-15(17(14)23-16)22-12-11-19-9-4-3-5-10-19/h6-8,13H,2-5,9-12H2,1H3. The Hall–Kier alpha value is -2.01. The van der Waals surface area contributed by atoms with Crippen molar-refractivity contribution in [3.63, 3.8) is 0 Å². The van der Waals surface area contributed by atoms with Gasteiger partial charge in [0, 0.05) is 11.9 Å². The van der Waals surface area contributed by atoms with Crippen molar-refractivity contribution in [3.05, 3.63) is 30.0 Å². The zero-order valence-corrected chi connectivity index (χ0v) is 13.5. The van der Waals surface area contributed by atoms with Crippen LogP contribution in [0.15, 0.2) is 28.7 Å². The number of carbonyl (C=O) groups is 1. The van der Waals surface area contributed by atoms with Gasteiger partial charge >= 0.3 is 5.97 Å². The van der Waals surface area contributed by atoms with E-state index in [0.29, 0.717) is 24.5 Å². The molecule has 5 nitrogen and oxygen atoms in total. The van der Waals surface area contributed by atoms with Crippen LogP contribution in [0.1, 0.15) is 36.7 Å². The van der Waals surface area contributed by atoms with Gasteiger partial charge in [-0.3, -0.25) is 4.90 Å². The average molecular weight is 317 g/mol. The van der Waals surface area contributed by atoms with Gasteiger partial charge in [-0.05, 0) is 45.0 Å². The zero-order valence-electron chi connectivity index (χ0n) is 13.5. The SMILES string of the molecule is CCOC(=O)c1cc2cccc(OCCN3CCCCC3)c2o1. The first-order chi connectivity index (χ1) is 11.3. The van der Waals surface area contributed by atoms with Crippen LogP contribution in [0, 0.1) is 0 Å². The molecule has 23 heavy (non-hydrogen) atoms. The van der Waals surface area contributed by atoms with Crippen LogP contribution in [-0.4, -0.2) is 43.7 Å². The second-order valence-corrected chi connectivity index (χ2v) is 5.76.